The number of amides is 3. The third kappa shape index (κ3) is 6.39. The zero-order valence-electron chi connectivity index (χ0n) is 12.5. The lowest BCUT2D eigenvalue weighted by atomic mass is 9.96. The quantitative estimate of drug-likeness (QED) is 0.618. The van der Waals surface area contributed by atoms with Crippen molar-refractivity contribution in [3.63, 3.8) is 0 Å². The summed E-state index contributed by atoms with van der Waals surface area (Å²) in [6, 6.07) is 5.17. The van der Waals surface area contributed by atoms with Crippen LogP contribution in [0, 0.1) is 0 Å². The van der Waals surface area contributed by atoms with Gasteiger partial charge < -0.3 is 10.1 Å². The molecule has 0 radical (unpaired) electrons. The first-order valence-electron chi connectivity index (χ1n) is 7.48. The summed E-state index contributed by atoms with van der Waals surface area (Å²) in [5, 5.41) is 2.85. The van der Waals surface area contributed by atoms with E-state index in [4.69, 9.17) is 4.74 Å². The molecule has 1 fully saturated rings. The lowest BCUT2D eigenvalue weighted by Crippen LogP contribution is -2.51. The summed E-state index contributed by atoms with van der Waals surface area (Å²) in [5.41, 5.74) is 4.66. The van der Waals surface area contributed by atoms with Crippen molar-refractivity contribution in [1.29, 1.82) is 0 Å². The van der Waals surface area contributed by atoms with E-state index in [1.54, 1.807) is 6.07 Å². The number of hydrazine groups is 1. The molecule has 3 amide bonds. The highest BCUT2D eigenvalue weighted by Gasteiger charge is 2.15. The number of hydrogen-bond donors (Lipinski definition) is 3. The van der Waals surface area contributed by atoms with Gasteiger partial charge in [-0.2, -0.15) is 0 Å². The standard InChI is InChI=1S/C15H19Br2N3O3/c16-10-6-7-13(12(17)8-10)23-9-14(21)19-20-15(22)18-11-4-2-1-3-5-11/h6-8,11H,1-5,9H2,(H,19,21)(H2,18,20,22). The first-order valence-corrected chi connectivity index (χ1v) is 9.06. The first kappa shape index (κ1) is 18.1. The molecule has 2 rings (SSSR count). The Hall–Kier alpha value is -1.28. The third-order valence-corrected chi connectivity index (χ3v) is 4.62. The van der Waals surface area contributed by atoms with Crippen LogP contribution in [0.15, 0.2) is 27.1 Å². The molecule has 0 spiro atoms. The monoisotopic (exact) mass is 447 g/mol. The summed E-state index contributed by atoms with van der Waals surface area (Å²) in [6.45, 7) is -0.191. The van der Waals surface area contributed by atoms with Gasteiger partial charge in [-0.3, -0.25) is 10.2 Å². The summed E-state index contributed by atoms with van der Waals surface area (Å²) in [6.07, 6.45) is 5.46. The van der Waals surface area contributed by atoms with Crippen LogP contribution in [0.1, 0.15) is 32.1 Å². The van der Waals surface area contributed by atoms with Crippen molar-refractivity contribution in [2.24, 2.45) is 0 Å². The van der Waals surface area contributed by atoms with Crippen LogP contribution in [0.4, 0.5) is 4.79 Å². The van der Waals surface area contributed by atoms with Crippen LogP contribution in [0.5, 0.6) is 5.75 Å². The molecule has 1 aromatic rings. The summed E-state index contributed by atoms with van der Waals surface area (Å²) in [5.74, 6) is 0.119. The van der Waals surface area contributed by atoms with Crippen molar-refractivity contribution in [3.05, 3.63) is 27.1 Å². The summed E-state index contributed by atoms with van der Waals surface area (Å²) < 4.78 is 7.03. The highest BCUT2D eigenvalue weighted by atomic mass is 79.9. The first-order chi connectivity index (χ1) is 11.0. The molecular weight excluding hydrogens is 430 g/mol. The van der Waals surface area contributed by atoms with Gasteiger partial charge in [-0.1, -0.05) is 35.2 Å². The Labute approximate surface area is 152 Å². The van der Waals surface area contributed by atoms with E-state index in [1.807, 2.05) is 12.1 Å². The van der Waals surface area contributed by atoms with E-state index in [0.29, 0.717) is 5.75 Å². The molecule has 6 nitrogen and oxygen atoms in total. The Morgan fingerprint density at radius 2 is 1.87 bits per heavy atom. The lowest BCUT2D eigenvalue weighted by molar-refractivity contribution is -0.123. The van der Waals surface area contributed by atoms with Gasteiger partial charge in [-0.05, 0) is 47.0 Å². The minimum atomic E-state index is -0.432. The average Bonchev–Trinajstić information content (AvgIpc) is 2.53. The van der Waals surface area contributed by atoms with Crippen LogP contribution in [0.2, 0.25) is 0 Å². The fourth-order valence-electron chi connectivity index (χ4n) is 2.37. The molecular formula is C15H19Br2N3O3. The van der Waals surface area contributed by atoms with E-state index in [0.717, 1.165) is 34.6 Å². The molecule has 1 aliphatic carbocycles. The smallest absolute Gasteiger partial charge is 0.333 e. The second-order valence-corrected chi connectivity index (χ2v) is 7.12. The minimum absolute atomic E-state index is 0.190. The molecule has 0 atom stereocenters. The van der Waals surface area contributed by atoms with Crippen molar-refractivity contribution >= 4 is 43.8 Å². The SMILES string of the molecule is O=C(COc1ccc(Br)cc1Br)NNC(=O)NC1CCCCC1. The fourth-order valence-corrected chi connectivity index (χ4v) is 3.53. The summed E-state index contributed by atoms with van der Waals surface area (Å²) in [4.78, 5) is 23.4. The van der Waals surface area contributed by atoms with Gasteiger partial charge in [0, 0.05) is 10.5 Å². The van der Waals surface area contributed by atoms with Crippen molar-refractivity contribution in [3.8, 4) is 5.75 Å². The van der Waals surface area contributed by atoms with Gasteiger partial charge in [0.15, 0.2) is 6.61 Å². The molecule has 0 aliphatic heterocycles. The predicted molar refractivity (Wildman–Crippen MR) is 94.0 cm³/mol. The lowest BCUT2D eigenvalue weighted by Gasteiger charge is -2.22. The van der Waals surface area contributed by atoms with Gasteiger partial charge in [0.1, 0.15) is 5.75 Å². The average molecular weight is 449 g/mol. The molecule has 0 bridgehead atoms. The highest BCUT2D eigenvalue weighted by Crippen LogP contribution is 2.28. The van der Waals surface area contributed by atoms with Crippen molar-refractivity contribution in [1.82, 2.24) is 16.2 Å². The van der Waals surface area contributed by atoms with E-state index < -0.39 is 11.9 Å². The number of benzene rings is 1. The van der Waals surface area contributed by atoms with Crippen molar-refractivity contribution < 1.29 is 14.3 Å². The number of nitrogens with one attached hydrogen (secondary N) is 3. The molecule has 23 heavy (non-hydrogen) atoms. The van der Waals surface area contributed by atoms with Gasteiger partial charge in [0.05, 0.1) is 4.47 Å². The Bertz CT molecular complexity index is 563. The van der Waals surface area contributed by atoms with E-state index in [-0.39, 0.29) is 12.6 Å². The van der Waals surface area contributed by atoms with E-state index in [2.05, 4.69) is 48.0 Å². The number of rotatable bonds is 4. The maximum atomic E-state index is 11.7. The number of hydrogen-bond acceptors (Lipinski definition) is 3. The number of ether oxygens (including phenoxy) is 1. The molecule has 0 unspecified atom stereocenters. The second-order valence-electron chi connectivity index (χ2n) is 5.34. The summed E-state index contributed by atoms with van der Waals surface area (Å²) >= 11 is 6.69. The number of carbonyl (C=O) groups is 2. The van der Waals surface area contributed by atoms with Crippen LogP contribution in [0.3, 0.4) is 0 Å². The van der Waals surface area contributed by atoms with Crippen LogP contribution in [-0.4, -0.2) is 24.6 Å². The highest BCUT2D eigenvalue weighted by molar-refractivity contribution is 9.11. The second kappa shape index (κ2) is 9.12. The normalized spacial score (nSPS) is 14.9. The largest absolute Gasteiger partial charge is 0.483 e. The van der Waals surface area contributed by atoms with Crippen LogP contribution in [0.25, 0.3) is 0 Å². The molecule has 8 heteroatoms. The molecule has 1 aliphatic rings. The van der Waals surface area contributed by atoms with Gasteiger partial charge >= 0.3 is 6.03 Å². The Balaban J connectivity index is 1.67. The molecule has 1 saturated carbocycles. The Morgan fingerprint density at radius 1 is 1.13 bits per heavy atom. The number of halogens is 2. The topological polar surface area (TPSA) is 79.5 Å². The molecule has 3 N–H and O–H groups in total. The molecule has 0 aromatic heterocycles. The van der Waals surface area contributed by atoms with Crippen molar-refractivity contribution in [2.45, 2.75) is 38.1 Å². The molecule has 0 heterocycles. The van der Waals surface area contributed by atoms with E-state index >= 15 is 0 Å². The number of urea groups is 1. The third-order valence-electron chi connectivity index (χ3n) is 3.51. The van der Waals surface area contributed by atoms with Gasteiger partial charge in [-0.15, -0.1) is 0 Å². The minimum Gasteiger partial charge on any atom is -0.483 e. The fraction of sp³-hybridized carbons (Fsp3) is 0.467. The molecule has 126 valence electrons. The van der Waals surface area contributed by atoms with E-state index in [1.165, 1.54) is 6.42 Å². The predicted octanol–water partition coefficient (Wildman–Crippen LogP) is 3.25. The van der Waals surface area contributed by atoms with Crippen LogP contribution >= 0.6 is 31.9 Å². The Morgan fingerprint density at radius 3 is 2.57 bits per heavy atom. The molecule has 1 aromatic carbocycles. The van der Waals surface area contributed by atoms with Crippen molar-refractivity contribution in [2.75, 3.05) is 6.61 Å². The summed E-state index contributed by atoms with van der Waals surface area (Å²) in [7, 11) is 0. The van der Waals surface area contributed by atoms with Gasteiger partial charge in [0.2, 0.25) is 0 Å². The zero-order valence-corrected chi connectivity index (χ0v) is 15.7. The maximum absolute atomic E-state index is 11.7. The van der Waals surface area contributed by atoms with Crippen LogP contribution < -0.4 is 20.9 Å². The van der Waals surface area contributed by atoms with E-state index in [9.17, 15) is 9.59 Å². The molecule has 0 saturated heterocycles. The number of carbonyl (C=O) groups excluding carboxylic acids is 2. The van der Waals surface area contributed by atoms with Crippen LogP contribution in [-0.2, 0) is 4.79 Å². The van der Waals surface area contributed by atoms with Gasteiger partial charge in [-0.25, -0.2) is 10.2 Å². The zero-order chi connectivity index (χ0) is 16.7. The Kier molecular flexibility index (Phi) is 7.16. The van der Waals surface area contributed by atoms with Gasteiger partial charge in [0.25, 0.3) is 5.91 Å². The maximum Gasteiger partial charge on any atom is 0.333 e.